The molecule has 0 bridgehead atoms. The van der Waals surface area contributed by atoms with Gasteiger partial charge >= 0.3 is 0 Å². The average molecular weight is 129 g/mol. The molecule has 0 heterocycles. The predicted octanol–water partition coefficient (Wildman–Crippen LogP) is 1.95. The normalized spacial score (nSPS) is 20.0. The number of rotatable bonds is 0. The van der Waals surface area contributed by atoms with E-state index in [1.165, 1.54) is 32.1 Å². The van der Waals surface area contributed by atoms with E-state index in [9.17, 15) is 0 Å². The Morgan fingerprint density at radius 3 is 0.833 bits per heavy atom. The molecule has 1 rings (SSSR count). The van der Waals surface area contributed by atoms with Gasteiger partial charge in [0, 0.05) is 16.8 Å². The van der Waals surface area contributed by atoms with E-state index in [-0.39, 0.29) is 16.8 Å². The minimum atomic E-state index is 0. The molecule has 1 fully saturated rings. The van der Waals surface area contributed by atoms with Gasteiger partial charge in [0.15, 0.2) is 0 Å². The van der Waals surface area contributed by atoms with Crippen molar-refractivity contribution in [3.8, 4) is 0 Å². The van der Waals surface area contributed by atoms with Crippen molar-refractivity contribution >= 4 is 0 Å². The van der Waals surface area contributed by atoms with Crippen molar-refractivity contribution in [3.05, 3.63) is 0 Å². The smallest absolute Gasteiger partial charge is 0 e. The topological polar surface area (TPSA) is 0 Å². The molecular weight excluding hydrogens is 119 g/mol. The molecule has 1 aliphatic carbocycles. The van der Waals surface area contributed by atoms with Crippen LogP contribution in [-0.2, 0) is 16.8 Å². The maximum absolute atomic E-state index is 1.50. The van der Waals surface area contributed by atoms with Crippen LogP contribution >= 0.6 is 0 Å². The second kappa shape index (κ2) is 3.69. The Morgan fingerprint density at radius 1 is 0.500 bits per heavy atom. The molecule has 0 atom stereocenters. The fraction of sp³-hybridized carbons (Fsp3) is 1.00. The summed E-state index contributed by atoms with van der Waals surface area (Å²) in [6, 6.07) is 0. The zero-order valence-corrected chi connectivity index (χ0v) is 4.91. The van der Waals surface area contributed by atoms with Gasteiger partial charge in [0.05, 0.1) is 0 Å². The molecule has 1 heteroatoms. The van der Waals surface area contributed by atoms with Crippen LogP contribution in [0.3, 0.4) is 0 Å². The first-order valence-corrected chi connectivity index (χ1v) is 2.50. The first-order valence-electron chi connectivity index (χ1n) is 2.50. The van der Waals surface area contributed by atoms with Crippen LogP contribution in [0.25, 0.3) is 0 Å². The van der Waals surface area contributed by atoms with Gasteiger partial charge in [-0.15, -0.1) is 0 Å². The van der Waals surface area contributed by atoms with Crippen molar-refractivity contribution in [2.75, 3.05) is 0 Å². The largest absolute Gasteiger partial charge is 0.0533 e. The van der Waals surface area contributed by atoms with Crippen LogP contribution in [0.5, 0.6) is 0 Å². The Labute approximate surface area is 49.5 Å². The summed E-state index contributed by atoms with van der Waals surface area (Å²) in [7, 11) is 0. The first-order chi connectivity index (χ1) is 2.50. The molecule has 6 heavy (non-hydrogen) atoms. The third-order valence-electron chi connectivity index (χ3n) is 1.25. The molecule has 0 nitrogen and oxygen atoms in total. The van der Waals surface area contributed by atoms with E-state index in [2.05, 4.69) is 0 Å². The van der Waals surface area contributed by atoms with E-state index in [1.54, 1.807) is 0 Å². The molecule has 0 saturated heterocycles. The summed E-state index contributed by atoms with van der Waals surface area (Å²) in [5.41, 5.74) is 0. The zero-order valence-electron chi connectivity index (χ0n) is 3.87. The summed E-state index contributed by atoms with van der Waals surface area (Å²) >= 11 is 0. The number of hydrogen-bond donors (Lipinski definition) is 0. The maximum atomic E-state index is 1.50. The third kappa shape index (κ3) is 1.83. The SMILES string of the molecule is C1CCCC1.[Co]. The molecule has 1 saturated carbocycles. The molecule has 1 radical (unpaired) electrons. The van der Waals surface area contributed by atoms with E-state index >= 15 is 0 Å². The molecule has 0 aromatic carbocycles. The molecule has 0 aromatic heterocycles. The molecule has 0 amide bonds. The monoisotopic (exact) mass is 129 g/mol. The fourth-order valence-corrected chi connectivity index (χ4v) is 0.884. The Kier molecular flexibility index (Phi) is 4.00. The van der Waals surface area contributed by atoms with E-state index in [0.717, 1.165) is 0 Å². The predicted molar refractivity (Wildman–Crippen MR) is 23.1 cm³/mol. The van der Waals surface area contributed by atoms with Crippen LogP contribution in [0.2, 0.25) is 0 Å². The second-order valence-electron chi connectivity index (χ2n) is 1.77. The fourth-order valence-electron chi connectivity index (χ4n) is 0.884. The second-order valence-corrected chi connectivity index (χ2v) is 1.77. The molecule has 0 aliphatic heterocycles. The van der Waals surface area contributed by atoms with Gasteiger partial charge in [0.2, 0.25) is 0 Å². The van der Waals surface area contributed by atoms with Crippen LogP contribution in [0.15, 0.2) is 0 Å². The van der Waals surface area contributed by atoms with Crippen molar-refractivity contribution in [2.24, 2.45) is 0 Å². The van der Waals surface area contributed by atoms with Gasteiger partial charge in [-0.1, -0.05) is 32.1 Å². The van der Waals surface area contributed by atoms with Gasteiger partial charge in [0.1, 0.15) is 0 Å². The molecule has 0 spiro atoms. The van der Waals surface area contributed by atoms with Crippen LogP contribution in [0.1, 0.15) is 32.1 Å². The van der Waals surface area contributed by atoms with Crippen LogP contribution in [0, 0.1) is 0 Å². The van der Waals surface area contributed by atoms with Crippen molar-refractivity contribution in [1.29, 1.82) is 0 Å². The minimum absolute atomic E-state index is 0. The van der Waals surface area contributed by atoms with Gasteiger partial charge in [-0.2, -0.15) is 0 Å². The molecule has 0 unspecified atom stereocenters. The van der Waals surface area contributed by atoms with Gasteiger partial charge in [-0.3, -0.25) is 0 Å². The summed E-state index contributed by atoms with van der Waals surface area (Å²) in [5, 5.41) is 0. The van der Waals surface area contributed by atoms with E-state index in [0.29, 0.717) is 0 Å². The van der Waals surface area contributed by atoms with Gasteiger partial charge in [0.25, 0.3) is 0 Å². The average Bonchev–Trinajstić information content (AvgIpc) is 1.76. The first kappa shape index (κ1) is 6.51. The Hall–Kier alpha value is 0.506. The van der Waals surface area contributed by atoms with Crippen LogP contribution < -0.4 is 0 Å². The van der Waals surface area contributed by atoms with E-state index < -0.39 is 0 Å². The number of hydrogen-bond acceptors (Lipinski definition) is 0. The summed E-state index contributed by atoms with van der Waals surface area (Å²) in [4.78, 5) is 0. The van der Waals surface area contributed by atoms with Crippen molar-refractivity contribution in [3.63, 3.8) is 0 Å². The molecular formula is C5H10Co. The maximum Gasteiger partial charge on any atom is 0 e. The summed E-state index contributed by atoms with van der Waals surface area (Å²) in [6.45, 7) is 0. The molecule has 1 aliphatic rings. The minimum Gasteiger partial charge on any atom is -0.0533 e. The Balaban J connectivity index is 0.000000250. The van der Waals surface area contributed by atoms with Crippen molar-refractivity contribution in [1.82, 2.24) is 0 Å². The third-order valence-corrected chi connectivity index (χ3v) is 1.25. The van der Waals surface area contributed by atoms with E-state index in [4.69, 9.17) is 0 Å². The van der Waals surface area contributed by atoms with Gasteiger partial charge in [-0.25, -0.2) is 0 Å². The van der Waals surface area contributed by atoms with Gasteiger partial charge in [-0.05, 0) is 0 Å². The zero-order chi connectivity index (χ0) is 3.54. The van der Waals surface area contributed by atoms with Gasteiger partial charge < -0.3 is 0 Å². The summed E-state index contributed by atoms with van der Waals surface area (Å²) in [5.74, 6) is 0. The summed E-state index contributed by atoms with van der Waals surface area (Å²) in [6.07, 6.45) is 7.50. The van der Waals surface area contributed by atoms with Crippen molar-refractivity contribution < 1.29 is 16.8 Å². The van der Waals surface area contributed by atoms with E-state index in [1.807, 2.05) is 0 Å². The molecule has 39 valence electrons. The quantitative estimate of drug-likeness (QED) is 0.469. The molecule has 0 aromatic rings. The Bertz CT molecular complexity index is 15.5. The van der Waals surface area contributed by atoms with Crippen LogP contribution in [0.4, 0.5) is 0 Å². The Morgan fingerprint density at radius 2 is 0.667 bits per heavy atom. The standard InChI is InChI=1S/C5H10.Co/c1-2-4-5-3-1;/h1-5H2;. The molecule has 0 N–H and O–H groups in total. The van der Waals surface area contributed by atoms with Crippen LogP contribution in [-0.4, -0.2) is 0 Å². The van der Waals surface area contributed by atoms with Crippen molar-refractivity contribution in [2.45, 2.75) is 32.1 Å². The summed E-state index contributed by atoms with van der Waals surface area (Å²) < 4.78 is 0.